The number of thiazole rings is 1. The van der Waals surface area contributed by atoms with Crippen LogP contribution < -0.4 is 19.1 Å². The van der Waals surface area contributed by atoms with Crippen molar-refractivity contribution in [3.8, 4) is 15.6 Å². The number of hydrogen-bond acceptors (Lipinski definition) is 9. The van der Waals surface area contributed by atoms with Gasteiger partial charge in [-0.1, -0.05) is 18.2 Å². The van der Waals surface area contributed by atoms with Crippen molar-refractivity contribution >= 4 is 54.1 Å². The highest BCUT2D eigenvalue weighted by Crippen LogP contribution is 2.34. The van der Waals surface area contributed by atoms with Gasteiger partial charge in [0.2, 0.25) is 20.0 Å². The van der Waals surface area contributed by atoms with Crippen LogP contribution in [0, 0.1) is 0 Å². The number of hydrogen-bond donors (Lipinski definition) is 2. The van der Waals surface area contributed by atoms with E-state index >= 15 is 0 Å². The second-order valence-electron chi connectivity index (χ2n) is 8.90. The number of benzene rings is 2. The van der Waals surface area contributed by atoms with Gasteiger partial charge < -0.3 is 9.64 Å². The zero-order valence-corrected chi connectivity index (χ0v) is 23.9. The van der Waals surface area contributed by atoms with Crippen molar-refractivity contribution in [1.29, 1.82) is 0 Å². The molecule has 0 fully saturated rings. The van der Waals surface area contributed by atoms with E-state index in [4.69, 9.17) is 9.72 Å². The molecule has 9 nitrogen and oxygen atoms in total. The summed E-state index contributed by atoms with van der Waals surface area (Å²) in [5, 5.41) is 4.66. The molecule has 0 amide bonds. The highest BCUT2D eigenvalue weighted by Gasteiger charge is 2.26. The molecule has 0 aliphatic carbocycles. The lowest BCUT2D eigenvalue weighted by molar-refractivity contribution is 0.310. The van der Waals surface area contributed by atoms with E-state index in [1.54, 1.807) is 53.8 Å². The third-order valence-corrected chi connectivity index (χ3v) is 9.92. The Kier molecular flexibility index (Phi) is 7.47. The van der Waals surface area contributed by atoms with Crippen LogP contribution >= 0.6 is 22.7 Å². The van der Waals surface area contributed by atoms with E-state index in [0.717, 1.165) is 33.9 Å². The molecule has 0 unspecified atom stereocenters. The largest absolute Gasteiger partial charge is 0.490 e. The molecule has 2 N–H and O–H groups in total. The maximum absolute atomic E-state index is 13.5. The van der Waals surface area contributed by atoms with Crippen molar-refractivity contribution < 1.29 is 21.6 Å². The lowest BCUT2D eigenvalue weighted by Crippen LogP contribution is -2.31. The van der Waals surface area contributed by atoms with E-state index in [9.17, 15) is 16.8 Å². The van der Waals surface area contributed by atoms with Gasteiger partial charge in [-0.2, -0.15) is 0 Å². The summed E-state index contributed by atoms with van der Waals surface area (Å²) in [5.74, 6) is 0.529. The lowest BCUT2D eigenvalue weighted by atomic mass is 10.0. The molecular weight excluding hydrogens is 565 g/mol. The highest BCUT2D eigenvalue weighted by molar-refractivity contribution is 7.92. The number of anilines is 2. The van der Waals surface area contributed by atoms with Gasteiger partial charge in [-0.15, -0.1) is 22.7 Å². The molecule has 0 bridgehead atoms. The summed E-state index contributed by atoms with van der Waals surface area (Å²) in [6, 6.07) is 15.0. The summed E-state index contributed by atoms with van der Waals surface area (Å²) in [7, 11) is -5.39. The molecule has 2 aromatic carbocycles. The van der Waals surface area contributed by atoms with E-state index in [-0.39, 0.29) is 4.90 Å². The number of nitrogens with zero attached hydrogens (tertiary/aromatic N) is 2. The smallest absolute Gasteiger partial charge is 0.241 e. The summed E-state index contributed by atoms with van der Waals surface area (Å²) >= 11 is 3.03. The van der Waals surface area contributed by atoms with Crippen molar-refractivity contribution in [2.24, 2.45) is 0 Å². The standard InChI is InChI=1S/C25H26N4O5S4/c1-29-11-12-34-23-15-19(9-10-22(23)29)38(32,33)28-20(21-16-36-25(26-21)24-4-3-13-35-24)14-17-5-7-18(8-6-17)27-37(2,30)31/h3-10,13,15-16,20,27-28H,11-12,14H2,1-2H3/t20-/m0/s1. The van der Waals surface area contributed by atoms with Gasteiger partial charge in [-0.3, -0.25) is 4.72 Å². The Labute approximate surface area is 230 Å². The number of rotatable bonds is 9. The Morgan fingerprint density at radius 3 is 2.58 bits per heavy atom. The van der Waals surface area contributed by atoms with Gasteiger partial charge >= 0.3 is 0 Å². The summed E-state index contributed by atoms with van der Waals surface area (Å²) in [5.41, 5.74) is 2.70. The van der Waals surface area contributed by atoms with Gasteiger partial charge in [0.15, 0.2) is 0 Å². The lowest BCUT2D eigenvalue weighted by Gasteiger charge is -2.28. The quantitative estimate of drug-likeness (QED) is 0.298. The summed E-state index contributed by atoms with van der Waals surface area (Å²) in [6.45, 7) is 1.21. The summed E-state index contributed by atoms with van der Waals surface area (Å²) in [6.07, 6.45) is 1.40. The SMILES string of the molecule is CN1CCOc2cc(S(=O)(=O)N[C@@H](Cc3ccc(NS(C)(=O)=O)cc3)c3csc(-c4cccs4)n3)ccc21. The maximum Gasteiger partial charge on any atom is 0.241 e. The van der Waals surface area contributed by atoms with Gasteiger partial charge in [0, 0.05) is 24.2 Å². The van der Waals surface area contributed by atoms with Crippen LogP contribution in [0.4, 0.5) is 11.4 Å². The maximum atomic E-state index is 13.5. The zero-order valence-electron chi connectivity index (χ0n) is 20.6. The van der Waals surface area contributed by atoms with E-state index in [2.05, 4.69) is 9.44 Å². The van der Waals surface area contributed by atoms with Crippen LogP contribution in [0.3, 0.4) is 0 Å². The molecule has 38 heavy (non-hydrogen) atoms. The fourth-order valence-electron chi connectivity index (χ4n) is 4.09. The van der Waals surface area contributed by atoms with E-state index in [1.165, 1.54) is 11.3 Å². The molecule has 0 saturated carbocycles. The van der Waals surface area contributed by atoms with Crippen molar-refractivity contribution in [3.63, 3.8) is 0 Å². The fraction of sp³-hybridized carbons (Fsp3) is 0.240. The van der Waals surface area contributed by atoms with E-state index in [0.29, 0.717) is 30.2 Å². The average Bonchev–Trinajstić information content (AvgIpc) is 3.56. The first kappa shape index (κ1) is 26.6. The average molecular weight is 591 g/mol. The number of ether oxygens (including phenoxy) is 1. The zero-order chi connectivity index (χ0) is 26.9. The molecule has 13 heteroatoms. The minimum atomic E-state index is -3.93. The fourth-order valence-corrected chi connectivity index (χ4v) is 7.56. The molecule has 1 aliphatic heterocycles. The monoisotopic (exact) mass is 590 g/mol. The van der Waals surface area contributed by atoms with Crippen molar-refractivity contribution in [1.82, 2.24) is 9.71 Å². The number of aromatic nitrogens is 1. The molecule has 1 atom stereocenters. The van der Waals surface area contributed by atoms with Crippen LogP contribution in [-0.4, -0.2) is 48.3 Å². The Morgan fingerprint density at radius 2 is 1.87 bits per heavy atom. The molecule has 0 spiro atoms. The molecule has 0 saturated heterocycles. The number of sulfonamides is 2. The number of thiophene rings is 1. The Bertz CT molecular complexity index is 1630. The second-order valence-corrected chi connectivity index (χ2v) is 14.2. The normalized spacial score (nSPS) is 14.5. The minimum absolute atomic E-state index is 0.109. The Hall–Kier alpha value is -2.97. The van der Waals surface area contributed by atoms with Gasteiger partial charge in [0.05, 0.1) is 40.0 Å². The van der Waals surface area contributed by atoms with E-state index < -0.39 is 26.1 Å². The van der Waals surface area contributed by atoms with Crippen molar-refractivity contribution in [2.75, 3.05) is 36.1 Å². The van der Waals surface area contributed by atoms with Crippen LogP contribution in [0.1, 0.15) is 17.3 Å². The topological polar surface area (TPSA) is 118 Å². The molecule has 1 aliphatic rings. The molecular formula is C25H26N4O5S4. The third-order valence-electron chi connectivity index (χ3n) is 5.94. The van der Waals surface area contributed by atoms with Gasteiger partial charge in [-0.05, 0) is 47.7 Å². The van der Waals surface area contributed by atoms with E-state index in [1.807, 2.05) is 34.8 Å². The van der Waals surface area contributed by atoms with Gasteiger partial charge in [-0.25, -0.2) is 26.5 Å². The molecule has 5 rings (SSSR count). The Morgan fingerprint density at radius 1 is 1.08 bits per heavy atom. The second kappa shape index (κ2) is 10.7. The molecule has 2 aromatic heterocycles. The van der Waals surface area contributed by atoms with Crippen molar-refractivity contribution in [2.45, 2.75) is 17.4 Å². The number of fused-ring (bicyclic) bond motifs is 1. The summed E-state index contributed by atoms with van der Waals surface area (Å²) in [4.78, 5) is 7.89. The van der Waals surface area contributed by atoms with Crippen LogP contribution in [0.2, 0.25) is 0 Å². The third kappa shape index (κ3) is 6.18. The van der Waals surface area contributed by atoms with Gasteiger partial charge in [0.1, 0.15) is 17.4 Å². The van der Waals surface area contributed by atoms with Crippen LogP contribution in [-0.2, 0) is 26.5 Å². The van der Waals surface area contributed by atoms with Crippen LogP contribution in [0.15, 0.2) is 70.3 Å². The molecule has 3 heterocycles. The minimum Gasteiger partial charge on any atom is -0.490 e. The van der Waals surface area contributed by atoms with Crippen LogP contribution in [0.5, 0.6) is 5.75 Å². The predicted octanol–water partition coefficient (Wildman–Crippen LogP) is 4.33. The molecule has 200 valence electrons. The Balaban J connectivity index is 1.44. The van der Waals surface area contributed by atoms with Crippen LogP contribution in [0.25, 0.3) is 9.88 Å². The number of likely N-dealkylation sites (N-methyl/N-ethyl adjacent to an activating group) is 1. The first-order chi connectivity index (χ1) is 18.1. The van der Waals surface area contributed by atoms with Crippen molar-refractivity contribution in [3.05, 3.63) is 76.6 Å². The highest BCUT2D eigenvalue weighted by atomic mass is 32.2. The molecule has 4 aromatic rings. The van der Waals surface area contributed by atoms with Gasteiger partial charge in [0.25, 0.3) is 0 Å². The number of nitrogens with one attached hydrogen (secondary N) is 2. The first-order valence-electron chi connectivity index (χ1n) is 11.6. The first-order valence-corrected chi connectivity index (χ1v) is 16.8. The molecule has 0 radical (unpaired) electrons. The summed E-state index contributed by atoms with van der Waals surface area (Å²) < 4.78 is 61.2. The predicted molar refractivity (Wildman–Crippen MR) is 152 cm³/mol.